The van der Waals surface area contributed by atoms with Crippen LogP contribution in [0.3, 0.4) is 0 Å². The standard InChI is InChI=1S/C19H19N3.C18H11N.C18H10O2.C17H18N2.2C9H7N.C8H6N2.C5H5N.5C5H12.C3H8/c1-19(2,3)18-21-16(14-10-6-4-7-11-14)20-17(22-18)15-12-8-5-9-13-15;1-3-10-16-12(6-1)14-8-5-9-15-13-7-2-4-11-17(13)19(16)18(14)15;1-3-7-13-11(5-1)17-15(19-13)9-10-16-18(17)12-6-2-4-8-14(12)20-16;1-17(2,3)16-18-14-11-7-8-12-15(14)19(16)13-9-5-4-6-10-13;1-2-6-9-8(4-1)5-3-7-10-9;1-2-4-9-7-10-6-5-8(9)3-1;1-2-4-8-7(3-1)5-9-6-10-8;1-2-4-6-5-3-1;5*1-5(2,3)4;1-3-2/h4-13H,1-3H3;1-11H;1-10H;4-12H,1-3H3;2*1-7H;1-6H;1-5H;5*1-4H3;3H2,1-2H3. The monoisotopic (exact) mass is 1910 g/mol. The Bertz CT molecular complexity index is 7070. The van der Waals surface area contributed by atoms with Crippen LogP contribution in [0.1, 0.15) is 212 Å². The lowest BCUT2D eigenvalue weighted by Gasteiger charge is -2.20. The zero-order valence-corrected chi connectivity index (χ0v) is 90.5. The lowest BCUT2D eigenvalue weighted by Crippen LogP contribution is -2.18. The molecular weight excluding hydrogens is 1760 g/mol. The molecule has 0 aliphatic carbocycles. The van der Waals surface area contributed by atoms with E-state index >= 15 is 0 Å². The molecule has 0 saturated carbocycles. The quantitative estimate of drug-likeness (QED) is 0.166. The third-order valence-corrected chi connectivity index (χ3v) is 19.7. The number of hydrogen-bond donors (Lipinski definition) is 0. The smallest absolute Gasteiger partial charge is 0.163 e. The Morgan fingerprint density at radius 3 is 1.03 bits per heavy atom. The summed E-state index contributed by atoms with van der Waals surface area (Å²) in [6, 6.07) is 119. The van der Waals surface area contributed by atoms with Gasteiger partial charge >= 0.3 is 0 Å². The number of para-hydroxylation sites is 10. The second kappa shape index (κ2) is 51.6. The molecule has 0 radical (unpaired) electrons. The molecule has 0 aliphatic heterocycles. The summed E-state index contributed by atoms with van der Waals surface area (Å²) in [5.74, 6) is 3.35. The molecule has 10 heterocycles. The normalized spacial score (nSPS) is 11.2. The van der Waals surface area contributed by atoms with Crippen LogP contribution in [-0.4, -0.2) is 53.8 Å². The van der Waals surface area contributed by atoms with Crippen molar-refractivity contribution >= 4 is 126 Å². The van der Waals surface area contributed by atoms with E-state index in [-0.39, 0.29) is 10.8 Å². The highest BCUT2D eigenvalue weighted by molar-refractivity contribution is 6.26. The fourth-order valence-electron chi connectivity index (χ4n) is 14.2. The molecule has 0 aliphatic rings. The van der Waals surface area contributed by atoms with Crippen LogP contribution >= 0.6 is 0 Å². The lowest BCUT2D eigenvalue weighted by atomic mass is 9.95. The average Bonchev–Trinajstić information content (AvgIpc) is 1.54. The van der Waals surface area contributed by atoms with E-state index in [9.17, 15) is 0 Å². The molecule has 0 bridgehead atoms. The summed E-state index contributed by atoms with van der Waals surface area (Å²) < 4.78 is 16.5. The van der Waals surface area contributed by atoms with Gasteiger partial charge in [-0.2, -0.15) is 0 Å². The Morgan fingerprint density at radius 2 is 0.611 bits per heavy atom. The Kier molecular flexibility index (Phi) is 39.8. The molecule has 0 amide bonds. The van der Waals surface area contributed by atoms with Gasteiger partial charge in [0.05, 0.1) is 38.6 Å². The van der Waals surface area contributed by atoms with E-state index in [0.29, 0.717) is 27.1 Å². The van der Waals surface area contributed by atoms with Crippen LogP contribution in [0, 0.1) is 27.1 Å². The molecule has 0 fully saturated rings. The van der Waals surface area contributed by atoms with Gasteiger partial charge in [-0.05, 0) is 135 Å². The third-order valence-electron chi connectivity index (χ3n) is 19.7. The first-order chi connectivity index (χ1) is 68.3. The van der Waals surface area contributed by atoms with Crippen LogP contribution in [0.25, 0.3) is 154 Å². The molecule has 0 saturated heterocycles. The van der Waals surface area contributed by atoms with Gasteiger partial charge in [-0.25, -0.2) is 29.9 Å². The number of nitrogens with zero attached hydrogens (tertiary/aromatic N) is 11. The zero-order valence-electron chi connectivity index (χ0n) is 90.5. The topological polar surface area (TPSA) is 152 Å². The summed E-state index contributed by atoms with van der Waals surface area (Å²) in [7, 11) is 0. The molecule has 13 heteroatoms. The van der Waals surface area contributed by atoms with Crippen LogP contribution in [0.4, 0.5) is 0 Å². The number of imidazole rings is 1. The minimum atomic E-state index is -0.129. The highest BCUT2D eigenvalue weighted by Crippen LogP contribution is 2.42. The maximum Gasteiger partial charge on any atom is 0.163 e. The summed E-state index contributed by atoms with van der Waals surface area (Å²) in [5, 5.41) is 14.7. The second-order valence-corrected chi connectivity index (χ2v) is 45.4. The van der Waals surface area contributed by atoms with Crippen LogP contribution < -0.4 is 0 Å². The largest absolute Gasteiger partial charge is 0.456 e. The van der Waals surface area contributed by atoms with E-state index < -0.39 is 0 Å². The number of hydrogen-bond acceptors (Lipinski definition) is 11. The maximum atomic E-state index is 5.94. The molecule has 144 heavy (non-hydrogen) atoms. The van der Waals surface area contributed by atoms with E-state index in [4.69, 9.17) is 13.8 Å². The first-order valence-electron chi connectivity index (χ1n) is 50.1. The SMILES string of the molecule is CC(C)(C)C.CC(C)(C)C.CC(C)(C)C.CC(C)(C)C.CC(C)(C)C.CC(C)(C)c1nc(-c2ccccc2)nc(-c2ccccc2)n1.CC(C)(C)c1nc2ccccc2n1-c1ccccc1.CCC.c1ccc2c(c1)c1cccc3c4ccccc4n2c13.c1ccc2c(c1)oc1ccc3oc4ccccc4c3c12.c1ccc2cnccc2c1.c1ccc2ncccc2c1.c1ccc2ncncc2c1.c1ccncc1. The fraction of sp³-hybridized carbons (Fsp3) is 0.275. The van der Waals surface area contributed by atoms with Crippen LogP contribution in [0.2, 0.25) is 0 Å². The van der Waals surface area contributed by atoms with Crippen molar-refractivity contribution in [3.8, 4) is 28.5 Å². The molecule has 0 unspecified atom stereocenters. The Morgan fingerprint density at radius 1 is 0.250 bits per heavy atom. The minimum Gasteiger partial charge on any atom is -0.456 e. The minimum absolute atomic E-state index is 0.00879. The summed E-state index contributed by atoms with van der Waals surface area (Å²) in [4.78, 5) is 38.8. The van der Waals surface area contributed by atoms with Gasteiger partial charge in [0.15, 0.2) is 11.6 Å². The van der Waals surface area contributed by atoms with E-state index in [2.05, 4.69) is 388 Å². The molecule has 742 valence electrons. The van der Waals surface area contributed by atoms with Crippen molar-refractivity contribution < 1.29 is 8.83 Å². The van der Waals surface area contributed by atoms with Gasteiger partial charge in [-0.15, -0.1) is 0 Å². The lowest BCUT2D eigenvalue weighted by molar-refractivity contribution is 0.469. The second-order valence-electron chi connectivity index (χ2n) is 45.4. The molecule has 0 spiro atoms. The molecule has 13 aromatic carbocycles. The fourth-order valence-corrected chi connectivity index (χ4v) is 14.2. The Balaban J connectivity index is 0.000000166. The van der Waals surface area contributed by atoms with Crippen molar-refractivity contribution in [3.63, 3.8) is 0 Å². The first kappa shape index (κ1) is 111. The predicted octanol–water partition coefficient (Wildman–Crippen LogP) is 38.0. The van der Waals surface area contributed by atoms with Crippen molar-refractivity contribution in [1.29, 1.82) is 0 Å². The van der Waals surface area contributed by atoms with Crippen molar-refractivity contribution in [2.45, 2.75) is 211 Å². The number of pyridine rings is 3. The molecular formula is C131H151N11O2. The van der Waals surface area contributed by atoms with E-state index in [1.165, 1.54) is 71.9 Å². The van der Waals surface area contributed by atoms with E-state index in [1.54, 1.807) is 18.7 Å². The number of fused-ring (bicyclic) bond motifs is 17. The summed E-state index contributed by atoms with van der Waals surface area (Å²) >= 11 is 0. The van der Waals surface area contributed by atoms with Crippen LogP contribution in [0.15, 0.2) is 404 Å². The van der Waals surface area contributed by atoms with Crippen LogP contribution in [0.5, 0.6) is 0 Å². The van der Waals surface area contributed by atoms with Crippen molar-refractivity contribution in [2.75, 3.05) is 0 Å². The number of aromatic nitrogens is 11. The molecule has 10 aromatic heterocycles. The zero-order chi connectivity index (χ0) is 104. The molecule has 0 N–H and O–H groups in total. The average molecular weight is 1910 g/mol. The van der Waals surface area contributed by atoms with E-state index in [0.717, 1.165) is 100 Å². The van der Waals surface area contributed by atoms with Crippen LogP contribution in [-0.2, 0) is 10.8 Å². The Hall–Kier alpha value is -15.0. The van der Waals surface area contributed by atoms with Gasteiger partial charge in [0, 0.05) is 119 Å². The first-order valence-corrected chi connectivity index (χ1v) is 50.1. The molecule has 23 aromatic rings. The summed E-state index contributed by atoms with van der Waals surface area (Å²) in [5.41, 5.74) is 17.4. The van der Waals surface area contributed by atoms with Crippen molar-refractivity contribution in [1.82, 2.24) is 53.8 Å². The Labute approximate surface area is 856 Å². The molecule has 23 rings (SSSR count). The van der Waals surface area contributed by atoms with Gasteiger partial charge in [0.2, 0.25) is 0 Å². The predicted molar refractivity (Wildman–Crippen MR) is 620 cm³/mol. The van der Waals surface area contributed by atoms with Gasteiger partial charge in [-0.3, -0.25) is 19.5 Å². The summed E-state index contributed by atoms with van der Waals surface area (Å²) in [6.07, 6.45) is 13.6. The number of furan rings is 2. The van der Waals surface area contributed by atoms with E-state index in [1.807, 2.05) is 231 Å². The highest BCUT2D eigenvalue weighted by atomic mass is 16.3. The number of rotatable bonds is 3. The van der Waals surface area contributed by atoms with Gasteiger partial charge in [0.1, 0.15) is 40.3 Å². The highest BCUT2D eigenvalue weighted by Gasteiger charge is 2.25. The summed E-state index contributed by atoms with van der Waals surface area (Å²) in [6.45, 7) is 61.0. The van der Waals surface area contributed by atoms with Gasteiger partial charge < -0.3 is 13.2 Å². The van der Waals surface area contributed by atoms with Crippen molar-refractivity contribution in [3.05, 3.63) is 407 Å². The van der Waals surface area contributed by atoms with Gasteiger partial charge in [0.25, 0.3) is 0 Å². The maximum absolute atomic E-state index is 5.94. The van der Waals surface area contributed by atoms with Gasteiger partial charge in [-0.1, -0.05) is 455 Å². The molecule has 0 atom stereocenters. The third kappa shape index (κ3) is 35.3. The molecule has 13 nitrogen and oxygen atoms in total. The number of benzene rings is 13. The van der Waals surface area contributed by atoms with Crippen molar-refractivity contribution in [2.24, 2.45) is 27.1 Å².